The molecule has 1 aliphatic rings. The number of thiophene rings is 1. The normalized spacial score (nSPS) is 18.2. The molecule has 0 unspecified atom stereocenters. The number of carbonyl (C=O) groups excluding carboxylic acids is 2. The number of nitrogens with zero attached hydrogens (tertiary/aromatic N) is 2. The highest BCUT2D eigenvalue weighted by atomic mass is 32.1. The summed E-state index contributed by atoms with van der Waals surface area (Å²) in [4.78, 5) is 29.5. The molecule has 1 aliphatic heterocycles. The number of likely N-dealkylation sites (tertiary alicyclic amines) is 1. The molecule has 2 aromatic heterocycles. The Morgan fingerprint density at radius 3 is 2.82 bits per heavy atom. The van der Waals surface area contributed by atoms with E-state index in [9.17, 15) is 9.59 Å². The molecule has 3 heterocycles. The summed E-state index contributed by atoms with van der Waals surface area (Å²) < 4.78 is 5.01. The summed E-state index contributed by atoms with van der Waals surface area (Å²) in [5.74, 6) is -0.188. The summed E-state index contributed by atoms with van der Waals surface area (Å²) in [6.07, 6.45) is 4.61. The van der Waals surface area contributed by atoms with Crippen LogP contribution in [0.5, 0.6) is 0 Å². The van der Waals surface area contributed by atoms with Crippen molar-refractivity contribution in [3.05, 3.63) is 46.5 Å². The SMILES string of the molecule is CCN(CC)[C@H](CNC(=O)[C@@H]1CCCN(C(=O)c2ccoc2)C1)c1ccsc1. The third kappa shape index (κ3) is 4.83. The lowest BCUT2D eigenvalue weighted by Crippen LogP contribution is -2.47. The predicted molar refractivity (Wildman–Crippen MR) is 110 cm³/mol. The van der Waals surface area contributed by atoms with E-state index in [4.69, 9.17) is 4.42 Å². The molecular formula is C21H29N3O3S. The van der Waals surface area contributed by atoms with E-state index in [1.165, 1.54) is 18.1 Å². The van der Waals surface area contributed by atoms with Gasteiger partial charge in [0.15, 0.2) is 0 Å². The Kier molecular flexibility index (Phi) is 7.28. The number of furan rings is 1. The van der Waals surface area contributed by atoms with Crippen LogP contribution in [0.25, 0.3) is 0 Å². The maximum Gasteiger partial charge on any atom is 0.257 e. The summed E-state index contributed by atoms with van der Waals surface area (Å²) >= 11 is 1.68. The Hall–Kier alpha value is -2.12. The molecule has 2 atom stereocenters. The van der Waals surface area contributed by atoms with Crippen LogP contribution in [-0.4, -0.2) is 54.3 Å². The topological polar surface area (TPSA) is 65.8 Å². The van der Waals surface area contributed by atoms with Crippen molar-refractivity contribution in [2.24, 2.45) is 5.92 Å². The maximum absolute atomic E-state index is 12.8. The van der Waals surface area contributed by atoms with Gasteiger partial charge in [-0.1, -0.05) is 13.8 Å². The van der Waals surface area contributed by atoms with Gasteiger partial charge in [-0.15, -0.1) is 0 Å². The molecule has 6 nitrogen and oxygen atoms in total. The lowest BCUT2D eigenvalue weighted by atomic mass is 9.96. The zero-order chi connectivity index (χ0) is 19.9. The number of likely N-dealkylation sites (N-methyl/N-ethyl adjacent to an activating group) is 1. The van der Waals surface area contributed by atoms with E-state index in [1.807, 2.05) is 0 Å². The second-order valence-corrected chi connectivity index (χ2v) is 7.92. The van der Waals surface area contributed by atoms with Crippen molar-refractivity contribution in [2.45, 2.75) is 32.7 Å². The van der Waals surface area contributed by atoms with Gasteiger partial charge in [0, 0.05) is 19.6 Å². The maximum atomic E-state index is 12.8. The van der Waals surface area contributed by atoms with E-state index in [0.29, 0.717) is 25.2 Å². The first-order chi connectivity index (χ1) is 13.6. The Morgan fingerprint density at radius 1 is 1.36 bits per heavy atom. The van der Waals surface area contributed by atoms with Crippen LogP contribution in [0.15, 0.2) is 39.8 Å². The average molecular weight is 404 g/mol. The Morgan fingerprint density at radius 2 is 2.18 bits per heavy atom. The Labute approximate surface area is 170 Å². The lowest BCUT2D eigenvalue weighted by molar-refractivity contribution is -0.126. The molecule has 28 heavy (non-hydrogen) atoms. The van der Waals surface area contributed by atoms with Gasteiger partial charge in [0.1, 0.15) is 6.26 Å². The molecule has 0 saturated carbocycles. The first-order valence-corrected chi connectivity index (χ1v) is 10.9. The number of nitrogens with one attached hydrogen (secondary N) is 1. The number of amides is 2. The van der Waals surface area contributed by atoms with Gasteiger partial charge < -0.3 is 14.6 Å². The molecule has 0 bridgehead atoms. The summed E-state index contributed by atoms with van der Waals surface area (Å²) in [5, 5.41) is 7.38. The second-order valence-electron chi connectivity index (χ2n) is 7.14. The number of rotatable bonds is 8. The van der Waals surface area contributed by atoms with Crippen molar-refractivity contribution >= 4 is 23.2 Å². The molecule has 0 aliphatic carbocycles. The van der Waals surface area contributed by atoms with E-state index >= 15 is 0 Å². The Balaban J connectivity index is 1.59. The van der Waals surface area contributed by atoms with Gasteiger partial charge in [0.25, 0.3) is 5.91 Å². The van der Waals surface area contributed by atoms with Crippen molar-refractivity contribution in [1.82, 2.24) is 15.1 Å². The molecule has 0 spiro atoms. The summed E-state index contributed by atoms with van der Waals surface area (Å²) in [6, 6.07) is 3.98. The quantitative estimate of drug-likeness (QED) is 0.734. The van der Waals surface area contributed by atoms with Crippen molar-refractivity contribution in [1.29, 1.82) is 0 Å². The Bertz CT molecular complexity index is 741. The van der Waals surface area contributed by atoms with Crippen LogP contribution in [0.1, 0.15) is 48.7 Å². The van der Waals surface area contributed by atoms with Crippen molar-refractivity contribution in [3.63, 3.8) is 0 Å². The van der Waals surface area contributed by atoms with Gasteiger partial charge >= 0.3 is 0 Å². The zero-order valence-corrected chi connectivity index (χ0v) is 17.4. The van der Waals surface area contributed by atoms with Crippen molar-refractivity contribution in [2.75, 3.05) is 32.7 Å². The average Bonchev–Trinajstić information content (AvgIpc) is 3.44. The number of hydrogen-bond donors (Lipinski definition) is 1. The van der Waals surface area contributed by atoms with Gasteiger partial charge in [0.2, 0.25) is 5.91 Å². The van der Waals surface area contributed by atoms with Crippen LogP contribution in [0.3, 0.4) is 0 Å². The highest BCUT2D eigenvalue weighted by molar-refractivity contribution is 7.07. The first kappa shape index (κ1) is 20.6. The predicted octanol–water partition coefficient (Wildman–Crippen LogP) is 3.39. The smallest absolute Gasteiger partial charge is 0.257 e. The van der Waals surface area contributed by atoms with Crippen LogP contribution in [0, 0.1) is 5.92 Å². The van der Waals surface area contributed by atoms with Crippen LogP contribution in [-0.2, 0) is 4.79 Å². The van der Waals surface area contributed by atoms with E-state index < -0.39 is 0 Å². The second kappa shape index (κ2) is 9.89. The van der Waals surface area contributed by atoms with Gasteiger partial charge in [-0.3, -0.25) is 14.5 Å². The molecule has 152 valence electrons. The molecule has 1 saturated heterocycles. The minimum Gasteiger partial charge on any atom is -0.472 e. The van der Waals surface area contributed by atoms with E-state index in [1.54, 1.807) is 22.3 Å². The minimum atomic E-state index is -0.163. The van der Waals surface area contributed by atoms with E-state index in [0.717, 1.165) is 25.9 Å². The fourth-order valence-corrected chi connectivity index (χ4v) is 4.58. The van der Waals surface area contributed by atoms with Crippen LogP contribution < -0.4 is 5.32 Å². The summed E-state index contributed by atoms with van der Waals surface area (Å²) in [7, 11) is 0. The molecule has 3 rings (SSSR count). The fraction of sp³-hybridized carbons (Fsp3) is 0.524. The molecule has 2 aromatic rings. The first-order valence-electron chi connectivity index (χ1n) is 9.99. The van der Waals surface area contributed by atoms with E-state index in [-0.39, 0.29) is 23.8 Å². The van der Waals surface area contributed by atoms with Crippen LogP contribution >= 0.6 is 11.3 Å². The molecule has 1 N–H and O–H groups in total. The number of piperidine rings is 1. The van der Waals surface area contributed by atoms with Crippen LogP contribution in [0.4, 0.5) is 0 Å². The lowest BCUT2D eigenvalue weighted by Gasteiger charge is -2.33. The van der Waals surface area contributed by atoms with Gasteiger partial charge in [-0.05, 0) is 54.4 Å². The molecule has 0 radical (unpaired) electrons. The largest absolute Gasteiger partial charge is 0.472 e. The molecule has 0 aromatic carbocycles. The molecular weight excluding hydrogens is 374 g/mol. The summed E-state index contributed by atoms with van der Waals surface area (Å²) in [6.45, 7) is 7.89. The molecule has 7 heteroatoms. The number of hydrogen-bond acceptors (Lipinski definition) is 5. The third-order valence-electron chi connectivity index (χ3n) is 5.50. The zero-order valence-electron chi connectivity index (χ0n) is 16.6. The van der Waals surface area contributed by atoms with Crippen molar-refractivity contribution < 1.29 is 14.0 Å². The number of carbonyl (C=O) groups is 2. The standard InChI is InChI=1S/C21H29N3O3S/c1-3-23(4-2)19(18-8-11-28-15-18)12-22-20(25)16-6-5-9-24(13-16)21(26)17-7-10-27-14-17/h7-8,10-11,14-16,19H,3-6,9,12-13H2,1-2H3,(H,22,25)/t16-,19-/m1/s1. The minimum absolute atomic E-state index is 0.0390. The monoisotopic (exact) mass is 403 g/mol. The van der Waals surface area contributed by atoms with Gasteiger partial charge in [-0.25, -0.2) is 0 Å². The van der Waals surface area contributed by atoms with Crippen LogP contribution in [0.2, 0.25) is 0 Å². The molecule has 1 fully saturated rings. The van der Waals surface area contributed by atoms with Gasteiger partial charge in [0.05, 0.1) is 23.8 Å². The summed E-state index contributed by atoms with van der Waals surface area (Å²) in [5.41, 5.74) is 1.79. The highest BCUT2D eigenvalue weighted by Gasteiger charge is 2.30. The van der Waals surface area contributed by atoms with Gasteiger partial charge in [-0.2, -0.15) is 11.3 Å². The fourth-order valence-electron chi connectivity index (χ4n) is 3.87. The molecule has 2 amide bonds. The van der Waals surface area contributed by atoms with Crippen molar-refractivity contribution in [3.8, 4) is 0 Å². The highest BCUT2D eigenvalue weighted by Crippen LogP contribution is 2.23. The van der Waals surface area contributed by atoms with E-state index in [2.05, 4.69) is 40.9 Å². The third-order valence-corrected chi connectivity index (χ3v) is 6.20.